The van der Waals surface area contributed by atoms with Crippen molar-refractivity contribution >= 4 is 50.0 Å². The highest BCUT2D eigenvalue weighted by atomic mass is 32.1. The van der Waals surface area contributed by atoms with Crippen LogP contribution < -0.4 is 20.9 Å². The van der Waals surface area contributed by atoms with Crippen LogP contribution in [0.2, 0.25) is 0 Å². The van der Waals surface area contributed by atoms with Crippen molar-refractivity contribution in [3.63, 3.8) is 0 Å². The molecule has 44 heavy (non-hydrogen) atoms. The molecule has 1 saturated carbocycles. The second kappa shape index (κ2) is 10.3. The number of carbonyl (C=O) groups is 1. The number of carbonyl (C=O) groups excluding carboxylic acids is 1. The van der Waals surface area contributed by atoms with E-state index in [1.165, 1.54) is 22.5 Å². The van der Waals surface area contributed by atoms with Crippen LogP contribution in [0.25, 0.3) is 10.2 Å². The Bertz CT molecular complexity index is 1740. The van der Waals surface area contributed by atoms with Crippen molar-refractivity contribution < 1.29 is 9.18 Å². The van der Waals surface area contributed by atoms with Crippen molar-refractivity contribution in [1.29, 1.82) is 0 Å². The third-order valence-electron chi connectivity index (χ3n) is 9.98. The maximum Gasteiger partial charge on any atom is 0.344 e. The first-order valence-corrected chi connectivity index (χ1v) is 16.2. The molecule has 3 aromatic heterocycles. The van der Waals surface area contributed by atoms with E-state index in [2.05, 4.69) is 68.5 Å². The molecule has 3 aliphatic heterocycles. The lowest BCUT2D eigenvalue weighted by Gasteiger charge is -2.48. The molecule has 6 heterocycles. The molecule has 1 amide bonds. The van der Waals surface area contributed by atoms with Crippen molar-refractivity contribution in [2.24, 2.45) is 5.41 Å². The number of rotatable bonds is 5. The zero-order valence-corrected chi connectivity index (χ0v) is 25.9. The fraction of sp³-hybridized carbons (Fsp3) is 0.484. The maximum atomic E-state index is 13.4. The van der Waals surface area contributed by atoms with Crippen LogP contribution in [0, 0.1) is 11.2 Å². The van der Waals surface area contributed by atoms with E-state index >= 15 is 0 Å². The number of hydrogen-bond acceptors (Lipinski definition) is 10. The number of thiazole rings is 1. The van der Waals surface area contributed by atoms with Crippen molar-refractivity contribution in [1.82, 2.24) is 29.5 Å². The molecule has 11 nitrogen and oxygen atoms in total. The fourth-order valence-electron chi connectivity index (χ4n) is 7.48. The van der Waals surface area contributed by atoms with Crippen LogP contribution >= 0.6 is 11.3 Å². The summed E-state index contributed by atoms with van der Waals surface area (Å²) in [6.45, 7) is 4.97. The van der Waals surface area contributed by atoms with Gasteiger partial charge in [-0.1, -0.05) is 17.4 Å². The number of likely N-dealkylation sites (N-methyl/N-ethyl adjacent to an activating group) is 1. The first-order valence-electron chi connectivity index (χ1n) is 15.3. The number of pyridine rings is 1. The molecule has 8 rings (SSSR count). The number of nitrogens with two attached hydrogens (primary N) is 1. The summed E-state index contributed by atoms with van der Waals surface area (Å²) in [5.41, 5.74) is 10.9. The van der Waals surface area contributed by atoms with Gasteiger partial charge in [0.2, 0.25) is 0 Å². The Hall–Kier alpha value is -3.97. The predicted molar refractivity (Wildman–Crippen MR) is 171 cm³/mol. The lowest BCUT2D eigenvalue weighted by Crippen LogP contribution is -2.58. The van der Waals surface area contributed by atoms with Gasteiger partial charge in [-0.15, -0.1) is 0 Å². The van der Waals surface area contributed by atoms with Gasteiger partial charge in [0, 0.05) is 62.3 Å². The quantitative estimate of drug-likeness (QED) is 0.345. The van der Waals surface area contributed by atoms with Crippen LogP contribution in [0.3, 0.4) is 0 Å². The highest BCUT2D eigenvalue weighted by Gasteiger charge is 2.50. The number of amides is 1. The van der Waals surface area contributed by atoms with E-state index in [-0.39, 0.29) is 17.5 Å². The summed E-state index contributed by atoms with van der Waals surface area (Å²) in [6, 6.07) is 9.18. The van der Waals surface area contributed by atoms with Crippen LogP contribution in [0.1, 0.15) is 30.4 Å². The number of halogens is 1. The highest BCUT2D eigenvalue weighted by Crippen LogP contribution is 2.47. The lowest BCUT2D eigenvalue weighted by molar-refractivity contribution is 0.0358. The van der Waals surface area contributed by atoms with Crippen LogP contribution in [0.15, 0.2) is 36.7 Å². The zero-order valence-electron chi connectivity index (χ0n) is 25.0. The molecule has 1 aromatic carbocycles. The normalized spacial score (nSPS) is 21.2. The molecule has 1 spiro atoms. The number of likely N-dealkylation sites (tertiary alicyclic amines) is 1. The topological polar surface area (TPSA) is 112 Å². The number of benzene rings is 1. The number of aromatic nitrogens is 4. The van der Waals surface area contributed by atoms with Gasteiger partial charge in [-0.3, -0.25) is 0 Å². The second-order valence-corrected chi connectivity index (χ2v) is 14.2. The fourth-order valence-corrected chi connectivity index (χ4v) is 8.24. The molecule has 0 radical (unpaired) electrons. The number of fused-ring (bicyclic) bond motifs is 2. The standard InChI is InChI=1S/C31H37FN10OS/c1-38(2)22-15-40(16-22)26-10-19-13-39(24-4-3-5-25-27(24)37-29(33)44-25)9-7-23(19)28(36-26)35-21-6-8-31(11-21)17-41(18-31)30(43)42-14-20(32)12-34-42/h3-5,10,12,14,21-22H,6-9,11,13,15-18H2,1-2H3,(H2,33,37)(H,35,36). The molecule has 1 atom stereocenters. The van der Waals surface area contributed by atoms with Gasteiger partial charge in [0.15, 0.2) is 10.9 Å². The van der Waals surface area contributed by atoms with Gasteiger partial charge < -0.3 is 30.7 Å². The molecule has 13 heteroatoms. The molecular formula is C31H37FN10OS. The van der Waals surface area contributed by atoms with Crippen LogP contribution in [0.4, 0.5) is 31.6 Å². The van der Waals surface area contributed by atoms with E-state index < -0.39 is 5.82 Å². The Labute approximate surface area is 259 Å². The largest absolute Gasteiger partial charge is 0.375 e. The Kier molecular flexibility index (Phi) is 6.45. The van der Waals surface area contributed by atoms with Gasteiger partial charge in [0.05, 0.1) is 22.8 Å². The van der Waals surface area contributed by atoms with Gasteiger partial charge >= 0.3 is 6.03 Å². The minimum Gasteiger partial charge on any atom is -0.375 e. The first-order chi connectivity index (χ1) is 21.2. The van der Waals surface area contributed by atoms with E-state index in [1.807, 2.05) is 0 Å². The Morgan fingerprint density at radius 3 is 2.82 bits per heavy atom. The summed E-state index contributed by atoms with van der Waals surface area (Å²) in [4.78, 5) is 31.5. The molecule has 2 saturated heterocycles. The van der Waals surface area contributed by atoms with Gasteiger partial charge in [-0.05, 0) is 63.5 Å². The Morgan fingerprint density at radius 1 is 1.20 bits per heavy atom. The monoisotopic (exact) mass is 616 g/mol. The van der Waals surface area contributed by atoms with Crippen molar-refractivity contribution in [3.8, 4) is 0 Å². The SMILES string of the molecule is CN(C)C1CN(c2cc3c(c(NC4CCC5(C4)CN(C(=O)n4cc(F)cn4)C5)n2)CCN(c2cccc4sc(N)nc24)C3)C1. The Balaban J connectivity index is 1.02. The van der Waals surface area contributed by atoms with E-state index in [9.17, 15) is 9.18 Å². The molecule has 1 unspecified atom stereocenters. The lowest BCUT2D eigenvalue weighted by atomic mass is 9.78. The second-order valence-electron chi connectivity index (χ2n) is 13.2. The third kappa shape index (κ3) is 4.73. The average molecular weight is 617 g/mol. The molecule has 3 N–H and O–H groups in total. The van der Waals surface area contributed by atoms with E-state index in [0.717, 1.165) is 96.5 Å². The van der Waals surface area contributed by atoms with Crippen LogP contribution in [0.5, 0.6) is 0 Å². The number of nitrogen functional groups attached to an aromatic ring is 1. The zero-order chi connectivity index (χ0) is 30.2. The van der Waals surface area contributed by atoms with E-state index in [4.69, 9.17) is 10.7 Å². The summed E-state index contributed by atoms with van der Waals surface area (Å²) in [5, 5.41) is 8.31. The van der Waals surface area contributed by atoms with Crippen molar-refractivity contribution in [2.45, 2.75) is 44.3 Å². The summed E-state index contributed by atoms with van der Waals surface area (Å²) in [6.07, 6.45) is 6.17. The average Bonchev–Trinajstić information content (AvgIpc) is 3.68. The molecule has 0 bridgehead atoms. The van der Waals surface area contributed by atoms with Crippen molar-refractivity contribution in [3.05, 3.63) is 53.6 Å². The van der Waals surface area contributed by atoms with Gasteiger partial charge in [-0.25, -0.2) is 19.2 Å². The first kappa shape index (κ1) is 27.6. The third-order valence-corrected chi connectivity index (χ3v) is 10.8. The minimum absolute atomic E-state index is 0.0952. The summed E-state index contributed by atoms with van der Waals surface area (Å²) < 4.78 is 15.6. The summed E-state index contributed by atoms with van der Waals surface area (Å²) in [5.74, 6) is 1.53. The number of nitrogens with zero attached hydrogens (tertiary/aromatic N) is 8. The van der Waals surface area contributed by atoms with Crippen LogP contribution in [-0.4, -0.2) is 94.5 Å². The van der Waals surface area contributed by atoms with Gasteiger partial charge in [0.25, 0.3) is 0 Å². The molecule has 4 aromatic rings. The smallest absolute Gasteiger partial charge is 0.344 e. The molecule has 230 valence electrons. The van der Waals surface area contributed by atoms with E-state index in [0.29, 0.717) is 24.3 Å². The number of hydrogen-bond donors (Lipinski definition) is 2. The predicted octanol–water partition coefficient (Wildman–Crippen LogP) is 3.86. The molecule has 4 aliphatic rings. The number of para-hydroxylation sites is 1. The van der Waals surface area contributed by atoms with E-state index in [1.54, 1.807) is 4.90 Å². The molecule has 1 aliphatic carbocycles. The minimum atomic E-state index is -0.500. The highest BCUT2D eigenvalue weighted by molar-refractivity contribution is 7.22. The van der Waals surface area contributed by atoms with Gasteiger partial charge in [0.1, 0.15) is 17.2 Å². The summed E-state index contributed by atoms with van der Waals surface area (Å²) >= 11 is 1.53. The number of anilines is 4. The van der Waals surface area contributed by atoms with Crippen LogP contribution in [-0.2, 0) is 13.0 Å². The maximum absolute atomic E-state index is 13.4. The number of nitrogens with one attached hydrogen (secondary N) is 1. The summed E-state index contributed by atoms with van der Waals surface area (Å²) in [7, 11) is 4.27. The molecule has 3 fully saturated rings. The van der Waals surface area contributed by atoms with Gasteiger partial charge in [-0.2, -0.15) is 9.78 Å². The van der Waals surface area contributed by atoms with Crippen molar-refractivity contribution in [2.75, 3.05) is 67.7 Å². The molecular weight excluding hydrogens is 579 g/mol. The Morgan fingerprint density at radius 2 is 2.05 bits per heavy atom.